The van der Waals surface area contributed by atoms with Gasteiger partial charge in [-0.25, -0.2) is 17.6 Å². The lowest BCUT2D eigenvalue weighted by molar-refractivity contribution is 0.121. The summed E-state index contributed by atoms with van der Waals surface area (Å²) in [6, 6.07) is 0. The molecule has 0 unspecified atom stereocenters. The summed E-state index contributed by atoms with van der Waals surface area (Å²) in [4.78, 5) is 6.78. The topological polar surface area (TPSA) is 63.9 Å². The van der Waals surface area contributed by atoms with E-state index >= 15 is 0 Å². The molecule has 7 nitrogen and oxygen atoms in total. The van der Waals surface area contributed by atoms with Crippen molar-refractivity contribution < 1.29 is 31.6 Å². The van der Waals surface area contributed by atoms with Crippen LogP contribution in [-0.2, 0) is 9.47 Å². The molecule has 4 rings (SSSR count). The Bertz CT molecular complexity index is 806. The van der Waals surface area contributed by atoms with Crippen molar-refractivity contribution in [2.45, 2.75) is 0 Å². The largest absolute Gasteiger partial charge is 0.378 e. The molecular weight excluding hydrogens is 372 g/mol. The Kier molecular flexibility index (Phi) is 4.87. The first-order chi connectivity index (χ1) is 13.1. The second-order valence-electron chi connectivity index (χ2n) is 6.08. The van der Waals surface area contributed by atoms with Gasteiger partial charge in [0.15, 0.2) is 23.3 Å². The number of benzene rings is 1. The van der Waals surface area contributed by atoms with Crippen LogP contribution in [0.15, 0.2) is 4.52 Å². The molecule has 1 aromatic heterocycles. The van der Waals surface area contributed by atoms with E-state index in [9.17, 15) is 17.6 Å². The van der Waals surface area contributed by atoms with Crippen LogP contribution < -0.4 is 9.80 Å². The molecule has 146 valence electrons. The lowest BCUT2D eigenvalue weighted by Crippen LogP contribution is -2.37. The minimum absolute atomic E-state index is 0.0742. The van der Waals surface area contributed by atoms with Crippen LogP contribution in [-0.4, -0.2) is 62.7 Å². The fourth-order valence-corrected chi connectivity index (χ4v) is 3.08. The third kappa shape index (κ3) is 3.21. The monoisotopic (exact) mass is 388 g/mol. The van der Waals surface area contributed by atoms with Crippen LogP contribution in [0, 0.1) is 23.3 Å². The van der Waals surface area contributed by atoms with E-state index in [0.29, 0.717) is 26.3 Å². The van der Waals surface area contributed by atoms with E-state index in [4.69, 9.17) is 14.0 Å². The third-order valence-corrected chi connectivity index (χ3v) is 4.49. The normalized spacial score (nSPS) is 18.2. The van der Waals surface area contributed by atoms with Gasteiger partial charge in [0.2, 0.25) is 0 Å². The van der Waals surface area contributed by atoms with Crippen molar-refractivity contribution in [3.63, 3.8) is 0 Å². The van der Waals surface area contributed by atoms with Crippen LogP contribution in [0.3, 0.4) is 0 Å². The van der Waals surface area contributed by atoms with Crippen LogP contribution in [0.25, 0.3) is 11.5 Å². The summed E-state index contributed by atoms with van der Waals surface area (Å²) in [5.74, 6) is -6.71. The Morgan fingerprint density at radius 3 is 1.78 bits per heavy atom. The van der Waals surface area contributed by atoms with E-state index in [0.717, 1.165) is 0 Å². The van der Waals surface area contributed by atoms with Crippen molar-refractivity contribution in [2.24, 2.45) is 0 Å². The van der Waals surface area contributed by atoms with E-state index in [1.165, 1.54) is 4.90 Å². The van der Waals surface area contributed by atoms with Crippen LogP contribution in [0.2, 0.25) is 0 Å². The van der Waals surface area contributed by atoms with Gasteiger partial charge >= 0.3 is 0 Å². The van der Waals surface area contributed by atoms with Crippen molar-refractivity contribution in [1.29, 1.82) is 0 Å². The summed E-state index contributed by atoms with van der Waals surface area (Å²) < 4.78 is 73.5. The van der Waals surface area contributed by atoms with Gasteiger partial charge in [-0.2, -0.15) is 4.98 Å². The molecule has 0 aliphatic carbocycles. The molecule has 3 heterocycles. The van der Waals surface area contributed by atoms with Crippen molar-refractivity contribution in [1.82, 2.24) is 10.1 Å². The molecule has 2 aliphatic rings. The molecule has 0 radical (unpaired) electrons. The number of hydrogen-bond donors (Lipinski definition) is 0. The first kappa shape index (κ1) is 18.0. The third-order valence-electron chi connectivity index (χ3n) is 4.49. The molecular formula is C16H16F4N4O3. The summed E-state index contributed by atoms with van der Waals surface area (Å²) >= 11 is 0. The first-order valence-corrected chi connectivity index (χ1v) is 8.43. The summed E-state index contributed by atoms with van der Waals surface area (Å²) in [5.41, 5.74) is -1.78. The summed E-state index contributed by atoms with van der Waals surface area (Å²) in [6.45, 7) is 2.44. The molecule has 0 saturated carbocycles. The number of morpholine rings is 2. The maximum absolute atomic E-state index is 14.6. The number of nitrogens with zero attached hydrogens (tertiary/aromatic N) is 4. The highest BCUT2D eigenvalue weighted by atomic mass is 19.2. The van der Waals surface area contributed by atoms with E-state index in [-0.39, 0.29) is 32.3 Å². The molecule has 2 fully saturated rings. The summed E-state index contributed by atoms with van der Waals surface area (Å²) in [7, 11) is 0. The lowest BCUT2D eigenvalue weighted by atomic mass is 10.1. The fourth-order valence-electron chi connectivity index (χ4n) is 3.08. The molecule has 0 bridgehead atoms. The van der Waals surface area contributed by atoms with Gasteiger partial charge in [0.25, 0.3) is 11.8 Å². The number of halogens is 4. The highest BCUT2D eigenvalue weighted by Gasteiger charge is 2.33. The van der Waals surface area contributed by atoms with E-state index in [1.807, 2.05) is 0 Å². The highest BCUT2D eigenvalue weighted by molar-refractivity contribution is 5.64. The molecule has 0 N–H and O–H groups in total. The second kappa shape index (κ2) is 7.31. The molecule has 0 amide bonds. The number of anilines is 2. The Morgan fingerprint density at radius 1 is 0.704 bits per heavy atom. The number of rotatable bonds is 3. The van der Waals surface area contributed by atoms with Crippen molar-refractivity contribution in [2.75, 3.05) is 62.4 Å². The average Bonchev–Trinajstić information content (AvgIpc) is 3.18. The molecule has 27 heavy (non-hydrogen) atoms. The Labute approximate surface area is 151 Å². The average molecular weight is 388 g/mol. The molecule has 2 aromatic rings. The van der Waals surface area contributed by atoms with Crippen LogP contribution >= 0.6 is 0 Å². The Balaban J connectivity index is 1.72. The number of hydrogen-bond acceptors (Lipinski definition) is 7. The smallest absolute Gasteiger partial charge is 0.266 e. The zero-order valence-corrected chi connectivity index (χ0v) is 14.2. The molecule has 0 atom stereocenters. The molecule has 1 aromatic carbocycles. The predicted octanol–water partition coefficient (Wildman–Crippen LogP) is 1.97. The van der Waals surface area contributed by atoms with E-state index in [1.54, 1.807) is 4.90 Å². The minimum Gasteiger partial charge on any atom is -0.378 e. The van der Waals surface area contributed by atoms with Crippen LogP contribution in [0.5, 0.6) is 0 Å². The van der Waals surface area contributed by atoms with Gasteiger partial charge in [0.1, 0.15) is 11.3 Å². The quantitative estimate of drug-likeness (QED) is 0.588. The maximum Gasteiger partial charge on any atom is 0.266 e. The summed E-state index contributed by atoms with van der Waals surface area (Å²) in [6.07, 6.45) is 0. The van der Waals surface area contributed by atoms with Crippen molar-refractivity contribution in [3.8, 4) is 11.5 Å². The predicted molar refractivity (Wildman–Crippen MR) is 85.6 cm³/mol. The van der Waals surface area contributed by atoms with Gasteiger partial charge in [0, 0.05) is 26.2 Å². The lowest BCUT2D eigenvalue weighted by Gasteiger charge is -2.29. The van der Waals surface area contributed by atoms with Gasteiger partial charge in [0.05, 0.1) is 26.4 Å². The van der Waals surface area contributed by atoms with Gasteiger partial charge in [-0.3, -0.25) is 0 Å². The van der Waals surface area contributed by atoms with Crippen LogP contribution in [0.1, 0.15) is 0 Å². The van der Waals surface area contributed by atoms with Crippen LogP contribution in [0.4, 0.5) is 29.2 Å². The molecule has 2 saturated heterocycles. The Morgan fingerprint density at radius 2 is 1.22 bits per heavy atom. The SMILES string of the molecule is Fc1c(F)c(N2CCOCC2)c(F)c(F)c1-c1nc(N2CCOCC2)no1. The summed E-state index contributed by atoms with van der Waals surface area (Å²) in [5, 5.41) is 3.65. The Hall–Kier alpha value is -2.40. The highest BCUT2D eigenvalue weighted by Crippen LogP contribution is 2.36. The number of aromatic nitrogens is 2. The minimum atomic E-state index is -1.58. The standard InChI is InChI=1S/C16H16F4N4O3/c17-10-9(15-21-16(22-27-15)24-3-7-26-8-4-24)11(18)13(20)14(12(10)19)23-1-5-25-6-2-23/h1-8H2. The number of ether oxygens (including phenoxy) is 2. The maximum atomic E-state index is 14.6. The van der Waals surface area contributed by atoms with Crippen molar-refractivity contribution in [3.05, 3.63) is 23.3 Å². The van der Waals surface area contributed by atoms with E-state index in [2.05, 4.69) is 10.1 Å². The van der Waals surface area contributed by atoms with E-state index < -0.39 is 40.4 Å². The van der Waals surface area contributed by atoms with Gasteiger partial charge in [-0.05, 0) is 5.16 Å². The molecule has 11 heteroatoms. The molecule has 0 spiro atoms. The molecule has 2 aliphatic heterocycles. The van der Waals surface area contributed by atoms with Gasteiger partial charge in [-0.15, -0.1) is 0 Å². The first-order valence-electron chi connectivity index (χ1n) is 8.43. The van der Waals surface area contributed by atoms with Gasteiger partial charge < -0.3 is 23.8 Å². The van der Waals surface area contributed by atoms with Crippen molar-refractivity contribution >= 4 is 11.6 Å². The zero-order chi connectivity index (χ0) is 19.0. The van der Waals surface area contributed by atoms with Gasteiger partial charge in [-0.1, -0.05) is 0 Å². The zero-order valence-electron chi connectivity index (χ0n) is 14.2. The fraction of sp³-hybridized carbons (Fsp3) is 0.500. The second-order valence-corrected chi connectivity index (χ2v) is 6.08.